The number of hydrogen-bond donors (Lipinski definition) is 2. The van der Waals surface area contributed by atoms with Crippen LogP contribution in [0.1, 0.15) is 62.3 Å². The summed E-state index contributed by atoms with van der Waals surface area (Å²) in [6.07, 6.45) is 3.79. The van der Waals surface area contributed by atoms with Crippen molar-refractivity contribution in [2.45, 2.75) is 55.9 Å². The van der Waals surface area contributed by atoms with Crippen molar-refractivity contribution in [1.29, 1.82) is 0 Å². The van der Waals surface area contributed by atoms with E-state index in [-0.39, 0.29) is 27.0 Å². The zero-order valence-corrected chi connectivity index (χ0v) is 23.9. The number of nitrogens with zero attached hydrogens (tertiary/aromatic N) is 2. The molecule has 3 aromatic carbocycles. The predicted molar refractivity (Wildman–Crippen MR) is 155 cm³/mol. The van der Waals surface area contributed by atoms with Gasteiger partial charge < -0.3 is 4.90 Å². The van der Waals surface area contributed by atoms with Gasteiger partial charge >= 0.3 is 0 Å². The van der Waals surface area contributed by atoms with E-state index < -0.39 is 20.2 Å². The molecule has 0 aromatic heterocycles. The summed E-state index contributed by atoms with van der Waals surface area (Å²) in [5.74, 6) is 0.445. The zero-order chi connectivity index (χ0) is 28.5. The smallest absolute Gasteiger partial charge is 0.295 e. The Morgan fingerprint density at radius 2 is 1.49 bits per heavy atom. The summed E-state index contributed by atoms with van der Waals surface area (Å²) < 4.78 is 68.2. The van der Waals surface area contributed by atoms with E-state index in [1.165, 1.54) is 35.9 Å². The van der Waals surface area contributed by atoms with Crippen LogP contribution in [-0.4, -0.2) is 44.2 Å². The topological polar surface area (TPSA) is 124 Å². The standard InChI is InChI=1S/C29H32N2O6S2/c1-5-19(2)22-6-8-23(9-7-22)21(4)30-26-14-12-24(28(16-26)38(32,33)34)10-11-25-13-15-27(31-18-20(31)3)17-29(25)39(35,36)37/h6-17,19-20H,5,18H2,1-4H3,(H,32,33,34)(H,35,36,37)/b11-10+,30-21+. The molecule has 39 heavy (non-hydrogen) atoms. The fourth-order valence-corrected chi connectivity index (χ4v) is 5.75. The summed E-state index contributed by atoms with van der Waals surface area (Å²) in [6.45, 7) is 8.90. The van der Waals surface area contributed by atoms with Crippen LogP contribution in [0.25, 0.3) is 12.2 Å². The van der Waals surface area contributed by atoms with Gasteiger partial charge in [-0.15, -0.1) is 0 Å². The van der Waals surface area contributed by atoms with Crippen LogP contribution in [0.5, 0.6) is 0 Å². The molecule has 8 nitrogen and oxygen atoms in total. The molecule has 10 heteroatoms. The lowest BCUT2D eigenvalue weighted by molar-refractivity contribution is 0.480. The van der Waals surface area contributed by atoms with Gasteiger partial charge in [0.25, 0.3) is 20.2 Å². The second-order valence-electron chi connectivity index (χ2n) is 9.86. The highest BCUT2D eigenvalue weighted by atomic mass is 32.2. The summed E-state index contributed by atoms with van der Waals surface area (Å²) in [7, 11) is -9.17. The third kappa shape index (κ3) is 6.83. The minimum Gasteiger partial charge on any atom is -0.365 e. The monoisotopic (exact) mass is 568 g/mol. The van der Waals surface area contributed by atoms with Crippen LogP contribution in [-0.2, 0) is 20.2 Å². The molecule has 0 amide bonds. The molecule has 1 heterocycles. The molecule has 2 unspecified atom stereocenters. The molecule has 3 aromatic rings. The largest absolute Gasteiger partial charge is 0.365 e. The third-order valence-electron chi connectivity index (χ3n) is 6.99. The molecule has 1 saturated heterocycles. The summed E-state index contributed by atoms with van der Waals surface area (Å²) >= 11 is 0. The zero-order valence-electron chi connectivity index (χ0n) is 22.2. The Hall–Kier alpha value is -3.31. The molecule has 206 valence electrons. The number of rotatable bonds is 9. The summed E-state index contributed by atoms with van der Waals surface area (Å²) in [4.78, 5) is 5.85. The molecular formula is C29H32N2O6S2. The van der Waals surface area contributed by atoms with Gasteiger partial charge in [0.2, 0.25) is 0 Å². The van der Waals surface area contributed by atoms with E-state index in [4.69, 9.17) is 0 Å². The van der Waals surface area contributed by atoms with Crippen molar-refractivity contribution in [3.05, 3.63) is 82.9 Å². The van der Waals surface area contributed by atoms with Crippen LogP contribution >= 0.6 is 0 Å². The molecule has 1 aliphatic heterocycles. The van der Waals surface area contributed by atoms with Crippen LogP contribution in [0.15, 0.2) is 75.4 Å². The van der Waals surface area contributed by atoms with Crippen molar-refractivity contribution in [3.63, 3.8) is 0 Å². The van der Waals surface area contributed by atoms with E-state index in [0.29, 0.717) is 23.0 Å². The molecule has 0 radical (unpaired) electrons. The lowest BCUT2D eigenvalue weighted by atomic mass is 9.97. The van der Waals surface area contributed by atoms with Gasteiger partial charge in [0.15, 0.2) is 0 Å². The highest BCUT2D eigenvalue weighted by Gasteiger charge is 2.30. The Bertz CT molecular complexity index is 1660. The second-order valence-corrected chi connectivity index (χ2v) is 12.6. The normalized spacial score (nSPS) is 17.0. The van der Waals surface area contributed by atoms with Gasteiger partial charge in [-0.3, -0.25) is 14.1 Å². The minimum absolute atomic E-state index is 0.136. The Balaban J connectivity index is 1.67. The molecule has 2 atom stereocenters. The van der Waals surface area contributed by atoms with E-state index in [0.717, 1.165) is 18.5 Å². The SMILES string of the molecule is CCC(C)c1ccc(/C(C)=N/c2ccc(/C=C/c3ccc(N4CC4C)cc3S(=O)(=O)O)c(S(=O)(=O)O)c2)cc1. The van der Waals surface area contributed by atoms with E-state index in [2.05, 4.69) is 31.0 Å². The van der Waals surface area contributed by atoms with Crippen molar-refractivity contribution >= 4 is 49.5 Å². The Morgan fingerprint density at radius 1 is 0.949 bits per heavy atom. The predicted octanol–water partition coefficient (Wildman–Crippen LogP) is 6.21. The average Bonchev–Trinajstić information content (AvgIpc) is 3.62. The maximum absolute atomic E-state index is 12.2. The molecule has 0 aliphatic carbocycles. The molecule has 0 spiro atoms. The summed E-state index contributed by atoms with van der Waals surface area (Å²) in [6, 6.07) is 17.4. The van der Waals surface area contributed by atoms with Gasteiger partial charge in [-0.05, 0) is 72.7 Å². The number of aliphatic imine (C=N–C) groups is 1. The van der Waals surface area contributed by atoms with Crippen LogP contribution in [0.4, 0.5) is 11.4 Å². The van der Waals surface area contributed by atoms with E-state index in [1.54, 1.807) is 18.2 Å². The molecule has 1 fully saturated rings. The van der Waals surface area contributed by atoms with Gasteiger partial charge in [0.05, 0.1) is 5.69 Å². The second kappa shape index (κ2) is 11.1. The molecule has 1 aliphatic rings. The van der Waals surface area contributed by atoms with E-state index in [9.17, 15) is 25.9 Å². The lowest BCUT2D eigenvalue weighted by Gasteiger charge is -2.10. The van der Waals surface area contributed by atoms with Gasteiger partial charge in [0, 0.05) is 24.0 Å². The van der Waals surface area contributed by atoms with Gasteiger partial charge in [0.1, 0.15) is 9.79 Å². The van der Waals surface area contributed by atoms with Gasteiger partial charge in [-0.25, -0.2) is 0 Å². The Labute approximate surface area is 230 Å². The maximum Gasteiger partial charge on any atom is 0.295 e. The summed E-state index contributed by atoms with van der Waals surface area (Å²) in [5.41, 5.74) is 4.10. The van der Waals surface area contributed by atoms with Crippen molar-refractivity contribution in [1.82, 2.24) is 0 Å². The van der Waals surface area contributed by atoms with Gasteiger partial charge in [-0.1, -0.05) is 62.4 Å². The van der Waals surface area contributed by atoms with E-state index >= 15 is 0 Å². The fourth-order valence-electron chi connectivity index (χ4n) is 4.34. The molecule has 4 rings (SSSR count). The lowest BCUT2D eigenvalue weighted by Crippen LogP contribution is -2.04. The fraction of sp³-hybridized carbons (Fsp3) is 0.276. The van der Waals surface area contributed by atoms with Crippen LogP contribution < -0.4 is 4.90 Å². The number of anilines is 1. The van der Waals surface area contributed by atoms with Crippen molar-refractivity contribution in [3.8, 4) is 0 Å². The number of hydrogen-bond acceptors (Lipinski definition) is 6. The van der Waals surface area contributed by atoms with E-state index in [1.807, 2.05) is 30.9 Å². The third-order valence-corrected chi connectivity index (χ3v) is 8.81. The van der Waals surface area contributed by atoms with Crippen molar-refractivity contribution < 1.29 is 25.9 Å². The minimum atomic E-state index is -4.63. The Kier molecular flexibility index (Phi) is 8.13. The van der Waals surface area contributed by atoms with Crippen LogP contribution in [0.2, 0.25) is 0 Å². The first-order chi connectivity index (χ1) is 18.3. The first kappa shape index (κ1) is 28.7. The van der Waals surface area contributed by atoms with Crippen LogP contribution in [0, 0.1) is 0 Å². The first-order valence-corrected chi connectivity index (χ1v) is 15.5. The molecule has 0 bridgehead atoms. The summed E-state index contributed by atoms with van der Waals surface area (Å²) in [5, 5.41) is 0. The number of benzene rings is 3. The highest BCUT2D eigenvalue weighted by molar-refractivity contribution is 7.86. The first-order valence-electron chi connectivity index (χ1n) is 12.6. The van der Waals surface area contributed by atoms with Crippen molar-refractivity contribution in [2.75, 3.05) is 11.4 Å². The molecule has 0 saturated carbocycles. The molecule has 2 N–H and O–H groups in total. The Morgan fingerprint density at radius 3 is 2.00 bits per heavy atom. The highest BCUT2D eigenvalue weighted by Crippen LogP contribution is 2.32. The quantitative estimate of drug-likeness (QED) is 0.136. The average molecular weight is 569 g/mol. The van der Waals surface area contributed by atoms with Gasteiger partial charge in [-0.2, -0.15) is 16.8 Å². The maximum atomic E-state index is 12.2. The van der Waals surface area contributed by atoms with Crippen molar-refractivity contribution in [2.24, 2.45) is 4.99 Å². The molecular weight excluding hydrogens is 536 g/mol. The van der Waals surface area contributed by atoms with Crippen LogP contribution in [0.3, 0.4) is 0 Å².